The number of hydrogen-bond donors (Lipinski definition) is 0. The van der Waals surface area contributed by atoms with Crippen LogP contribution in [0.15, 0.2) is 48.6 Å². The van der Waals surface area contributed by atoms with Crippen LogP contribution in [0.1, 0.15) is 5.56 Å². The SMILES string of the molecule is ClC1(Cl)C=CC(Cl)(Cl)C(c2ccccc2)=C1. The molecule has 0 nitrogen and oxygen atoms in total. The summed E-state index contributed by atoms with van der Waals surface area (Å²) in [4.78, 5) is 0. The summed E-state index contributed by atoms with van der Waals surface area (Å²) in [6.45, 7) is 0. The molecule has 0 aromatic heterocycles. The summed E-state index contributed by atoms with van der Waals surface area (Å²) in [5.74, 6) is 0. The maximum Gasteiger partial charge on any atom is 0.161 e. The van der Waals surface area contributed by atoms with Crippen molar-refractivity contribution in [3.63, 3.8) is 0 Å². The van der Waals surface area contributed by atoms with Crippen LogP contribution in [0, 0.1) is 0 Å². The van der Waals surface area contributed by atoms with Gasteiger partial charge in [0, 0.05) is 0 Å². The van der Waals surface area contributed by atoms with Gasteiger partial charge in [-0.05, 0) is 29.4 Å². The molecule has 0 saturated carbocycles. The summed E-state index contributed by atoms with van der Waals surface area (Å²) in [7, 11) is 0. The number of allylic oxidation sites excluding steroid dienone is 4. The summed E-state index contributed by atoms with van der Waals surface area (Å²) < 4.78 is -2.15. The van der Waals surface area contributed by atoms with Gasteiger partial charge in [-0.1, -0.05) is 76.7 Å². The first-order valence-electron chi connectivity index (χ1n) is 4.65. The highest BCUT2D eigenvalue weighted by Crippen LogP contribution is 2.45. The fourth-order valence-electron chi connectivity index (χ4n) is 1.54. The second-order valence-electron chi connectivity index (χ2n) is 3.55. The summed E-state index contributed by atoms with van der Waals surface area (Å²) in [6, 6.07) is 9.55. The van der Waals surface area contributed by atoms with E-state index in [4.69, 9.17) is 46.4 Å². The Labute approximate surface area is 114 Å². The third-order valence-corrected chi connectivity index (χ3v) is 3.42. The van der Waals surface area contributed by atoms with E-state index in [1.54, 1.807) is 18.2 Å². The molecule has 16 heavy (non-hydrogen) atoms. The zero-order valence-corrected chi connectivity index (χ0v) is 11.2. The van der Waals surface area contributed by atoms with Crippen molar-refractivity contribution in [1.82, 2.24) is 0 Å². The van der Waals surface area contributed by atoms with Gasteiger partial charge in [-0.25, -0.2) is 0 Å². The molecular weight excluding hydrogens is 286 g/mol. The molecule has 1 aromatic carbocycles. The highest BCUT2D eigenvalue weighted by molar-refractivity contribution is 6.58. The lowest BCUT2D eigenvalue weighted by Gasteiger charge is -2.27. The van der Waals surface area contributed by atoms with E-state index in [-0.39, 0.29) is 0 Å². The van der Waals surface area contributed by atoms with Gasteiger partial charge in [0.1, 0.15) is 0 Å². The van der Waals surface area contributed by atoms with Gasteiger partial charge in [0.05, 0.1) is 0 Å². The molecule has 2 rings (SSSR count). The van der Waals surface area contributed by atoms with E-state index >= 15 is 0 Å². The van der Waals surface area contributed by atoms with Gasteiger partial charge in [-0.3, -0.25) is 0 Å². The molecule has 0 fully saturated rings. The molecule has 0 atom stereocenters. The number of rotatable bonds is 1. The van der Waals surface area contributed by atoms with Crippen LogP contribution in [0.4, 0.5) is 0 Å². The molecule has 1 aliphatic rings. The number of halogens is 4. The largest absolute Gasteiger partial charge is 0.161 e. The zero-order valence-electron chi connectivity index (χ0n) is 8.13. The van der Waals surface area contributed by atoms with E-state index < -0.39 is 8.67 Å². The van der Waals surface area contributed by atoms with E-state index in [0.717, 1.165) is 5.56 Å². The monoisotopic (exact) mass is 292 g/mol. The highest BCUT2D eigenvalue weighted by atomic mass is 35.5. The predicted octanol–water partition coefficient (Wildman–Crippen LogP) is 4.99. The fourth-order valence-corrected chi connectivity index (χ4v) is 2.33. The van der Waals surface area contributed by atoms with Gasteiger partial charge in [0.15, 0.2) is 8.67 Å². The van der Waals surface area contributed by atoms with Crippen molar-refractivity contribution >= 4 is 52.0 Å². The lowest BCUT2D eigenvalue weighted by molar-refractivity contribution is 1.14. The van der Waals surface area contributed by atoms with Crippen LogP contribution in [0.25, 0.3) is 5.57 Å². The summed E-state index contributed by atoms with van der Waals surface area (Å²) in [5.41, 5.74) is 1.60. The Balaban J connectivity index is 2.50. The van der Waals surface area contributed by atoms with Crippen LogP contribution in [-0.4, -0.2) is 8.67 Å². The topological polar surface area (TPSA) is 0 Å². The van der Waals surface area contributed by atoms with Gasteiger partial charge in [0.25, 0.3) is 0 Å². The number of hydrogen-bond acceptors (Lipinski definition) is 0. The fraction of sp³-hybridized carbons (Fsp3) is 0.167. The third-order valence-electron chi connectivity index (χ3n) is 2.30. The Kier molecular flexibility index (Phi) is 3.29. The molecule has 0 spiro atoms. The van der Waals surface area contributed by atoms with Crippen molar-refractivity contribution < 1.29 is 0 Å². The normalized spacial score (nSPS) is 21.6. The minimum absolute atomic E-state index is 0.698. The van der Waals surface area contributed by atoms with E-state index in [9.17, 15) is 0 Å². The minimum atomic E-state index is -1.09. The molecule has 0 unspecified atom stereocenters. The molecule has 0 saturated heterocycles. The lowest BCUT2D eigenvalue weighted by atomic mass is 9.97. The van der Waals surface area contributed by atoms with Crippen molar-refractivity contribution in [2.24, 2.45) is 0 Å². The Bertz CT molecular complexity index is 443. The summed E-state index contributed by atoms with van der Waals surface area (Å²) >= 11 is 24.4. The first kappa shape index (κ1) is 12.3. The maximum atomic E-state index is 6.19. The highest BCUT2D eigenvalue weighted by Gasteiger charge is 2.35. The van der Waals surface area contributed by atoms with Crippen molar-refractivity contribution in [1.29, 1.82) is 0 Å². The average molecular weight is 294 g/mol. The van der Waals surface area contributed by atoms with E-state index in [1.807, 2.05) is 30.3 Å². The molecule has 84 valence electrons. The van der Waals surface area contributed by atoms with Crippen LogP contribution < -0.4 is 0 Å². The molecule has 0 radical (unpaired) electrons. The Hall–Kier alpha value is -0.140. The zero-order chi connectivity index (χ0) is 11.8. The van der Waals surface area contributed by atoms with E-state index in [1.165, 1.54) is 0 Å². The van der Waals surface area contributed by atoms with Gasteiger partial charge in [-0.2, -0.15) is 0 Å². The van der Waals surface area contributed by atoms with Crippen molar-refractivity contribution in [2.45, 2.75) is 8.67 Å². The standard InChI is InChI=1S/C12H8Cl4/c13-11(14)6-7-12(15,16)10(8-11)9-4-2-1-3-5-9/h1-8H. The molecule has 1 aliphatic carbocycles. The van der Waals surface area contributed by atoms with Crippen molar-refractivity contribution in [3.8, 4) is 0 Å². The quantitative estimate of drug-likeness (QED) is 0.505. The average Bonchev–Trinajstić information content (AvgIpc) is 2.24. The number of alkyl halides is 4. The van der Waals surface area contributed by atoms with Crippen LogP contribution >= 0.6 is 46.4 Å². The predicted molar refractivity (Wildman–Crippen MR) is 72.4 cm³/mol. The molecule has 0 aliphatic heterocycles. The molecule has 0 amide bonds. The Morgan fingerprint density at radius 2 is 1.44 bits per heavy atom. The molecule has 1 aromatic rings. The van der Waals surface area contributed by atoms with Crippen LogP contribution in [0.2, 0.25) is 0 Å². The maximum absolute atomic E-state index is 6.19. The molecule has 0 bridgehead atoms. The van der Waals surface area contributed by atoms with Gasteiger partial charge in [0.2, 0.25) is 0 Å². The van der Waals surface area contributed by atoms with Gasteiger partial charge in [-0.15, -0.1) is 0 Å². The smallest absolute Gasteiger partial charge is 0.0922 e. The summed E-state index contributed by atoms with van der Waals surface area (Å²) in [5, 5.41) is 0. The molecule has 0 heterocycles. The lowest BCUT2D eigenvalue weighted by Crippen LogP contribution is -2.21. The molecule has 0 N–H and O–H groups in total. The van der Waals surface area contributed by atoms with E-state index in [2.05, 4.69) is 0 Å². The first-order valence-corrected chi connectivity index (χ1v) is 6.17. The van der Waals surface area contributed by atoms with Crippen molar-refractivity contribution in [2.75, 3.05) is 0 Å². The van der Waals surface area contributed by atoms with E-state index in [0.29, 0.717) is 5.57 Å². The van der Waals surface area contributed by atoms with Crippen molar-refractivity contribution in [3.05, 3.63) is 54.1 Å². The first-order chi connectivity index (χ1) is 7.41. The third kappa shape index (κ3) is 2.57. The Morgan fingerprint density at radius 1 is 0.812 bits per heavy atom. The Morgan fingerprint density at radius 3 is 2.06 bits per heavy atom. The van der Waals surface area contributed by atoms with Crippen LogP contribution in [0.3, 0.4) is 0 Å². The summed E-state index contributed by atoms with van der Waals surface area (Å²) in [6.07, 6.45) is 4.83. The second-order valence-corrected chi connectivity index (χ2v) is 6.38. The second kappa shape index (κ2) is 4.27. The molecular formula is C12H8Cl4. The molecule has 4 heteroatoms. The number of benzene rings is 1. The van der Waals surface area contributed by atoms with Crippen LogP contribution in [-0.2, 0) is 0 Å². The van der Waals surface area contributed by atoms with Crippen LogP contribution in [0.5, 0.6) is 0 Å². The van der Waals surface area contributed by atoms with Gasteiger partial charge < -0.3 is 0 Å². The minimum Gasteiger partial charge on any atom is -0.0922 e. The van der Waals surface area contributed by atoms with Gasteiger partial charge >= 0.3 is 0 Å².